The van der Waals surface area contributed by atoms with Gasteiger partial charge in [-0.25, -0.2) is 4.79 Å². The van der Waals surface area contributed by atoms with Crippen LogP contribution in [-0.4, -0.2) is 56.7 Å². The highest BCUT2D eigenvalue weighted by Crippen LogP contribution is 2.39. The Morgan fingerprint density at radius 3 is 2.86 bits per heavy atom. The number of esters is 1. The molecule has 1 saturated heterocycles. The number of rotatable bonds is 4. The molecule has 0 spiro atoms. The Labute approximate surface area is 125 Å². The standard InChI is InChI=1S/C12H18N4O6/c1-12(20)9(22-8(18)4-13)6(5-17)21-10(12)16-3-2-7(14)15-11(16)19/h2-3,6,9-10,17,20H,4-5,13H2,1H3,(H2,14,15,19)/t6-,9-,10-,12-/m1/s1. The Hall–Kier alpha value is -2.01. The van der Waals surface area contributed by atoms with Crippen molar-refractivity contribution >= 4 is 11.8 Å². The van der Waals surface area contributed by atoms with Crippen LogP contribution in [0.15, 0.2) is 17.1 Å². The lowest BCUT2D eigenvalue weighted by molar-refractivity contribution is -0.162. The van der Waals surface area contributed by atoms with E-state index in [1.54, 1.807) is 0 Å². The number of aliphatic hydroxyl groups is 2. The summed E-state index contributed by atoms with van der Waals surface area (Å²) in [5.41, 5.74) is 8.06. The lowest BCUT2D eigenvalue weighted by atomic mass is 9.96. The lowest BCUT2D eigenvalue weighted by Crippen LogP contribution is -2.49. The van der Waals surface area contributed by atoms with Crippen LogP contribution in [0.5, 0.6) is 0 Å². The third-order valence-corrected chi connectivity index (χ3v) is 3.43. The number of nitrogens with two attached hydrogens (primary N) is 2. The van der Waals surface area contributed by atoms with Crippen LogP contribution in [0.4, 0.5) is 5.82 Å². The van der Waals surface area contributed by atoms with Gasteiger partial charge in [0.15, 0.2) is 12.3 Å². The first-order chi connectivity index (χ1) is 10.3. The van der Waals surface area contributed by atoms with Crippen molar-refractivity contribution in [2.45, 2.75) is 31.0 Å². The molecule has 22 heavy (non-hydrogen) atoms. The molecule has 1 aliphatic rings. The van der Waals surface area contributed by atoms with Crippen molar-refractivity contribution in [1.82, 2.24) is 9.55 Å². The molecule has 1 aromatic rings. The fourth-order valence-electron chi connectivity index (χ4n) is 2.37. The summed E-state index contributed by atoms with van der Waals surface area (Å²) in [6.45, 7) is 0.412. The molecule has 1 fully saturated rings. The van der Waals surface area contributed by atoms with Crippen LogP contribution in [0, 0.1) is 0 Å². The smallest absolute Gasteiger partial charge is 0.351 e. The molecule has 0 amide bonds. The van der Waals surface area contributed by atoms with Crippen LogP contribution in [-0.2, 0) is 14.3 Å². The lowest BCUT2D eigenvalue weighted by Gasteiger charge is -2.29. The van der Waals surface area contributed by atoms with Crippen molar-refractivity contribution in [2.24, 2.45) is 5.73 Å². The molecule has 0 unspecified atom stereocenters. The summed E-state index contributed by atoms with van der Waals surface area (Å²) in [5, 5.41) is 20.0. The van der Waals surface area contributed by atoms with E-state index in [-0.39, 0.29) is 5.82 Å². The fourth-order valence-corrected chi connectivity index (χ4v) is 2.37. The van der Waals surface area contributed by atoms with Gasteiger partial charge in [-0.1, -0.05) is 0 Å². The van der Waals surface area contributed by atoms with Crippen molar-refractivity contribution in [3.05, 3.63) is 22.7 Å². The minimum atomic E-state index is -1.78. The molecular formula is C12H18N4O6. The molecule has 0 aromatic carbocycles. The van der Waals surface area contributed by atoms with Gasteiger partial charge in [-0.15, -0.1) is 0 Å². The first kappa shape index (κ1) is 16.4. The third-order valence-electron chi connectivity index (χ3n) is 3.43. The molecule has 2 heterocycles. The average molecular weight is 314 g/mol. The third kappa shape index (κ3) is 2.81. The Morgan fingerprint density at radius 2 is 2.32 bits per heavy atom. The predicted molar refractivity (Wildman–Crippen MR) is 73.5 cm³/mol. The van der Waals surface area contributed by atoms with Crippen molar-refractivity contribution in [3.8, 4) is 0 Å². The maximum atomic E-state index is 11.9. The van der Waals surface area contributed by atoms with Crippen LogP contribution < -0.4 is 17.2 Å². The van der Waals surface area contributed by atoms with Crippen LogP contribution in [0.3, 0.4) is 0 Å². The van der Waals surface area contributed by atoms with E-state index in [1.165, 1.54) is 19.2 Å². The molecule has 6 N–H and O–H groups in total. The van der Waals surface area contributed by atoms with Gasteiger partial charge in [0.25, 0.3) is 0 Å². The van der Waals surface area contributed by atoms with Crippen LogP contribution in [0.2, 0.25) is 0 Å². The summed E-state index contributed by atoms with van der Waals surface area (Å²) in [6.07, 6.45) is -2.12. The second kappa shape index (κ2) is 6.01. The molecule has 122 valence electrons. The average Bonchev–Trinajstić information content (AvgIpc) is 2.70. The zero-order valence-electron chi connectivity index (χ0n) is 11.9. The number of carbonyl (C=O) groups is 1. The Balaban J connectivity index is 2.37. The number of carbonyl (C=O) groups excluding carboxylic acids is 1. The second-order valence-electron chi connectivity index (χ2n) is 5.09. The summed E-state index contributed by atoms with van der Waals surface area (Å²) in [7, 11) is 0. The topological polar surface area (TPSA) is 163 Å². The van der Waals surface area contributed by atoms with E-state index in [4.69, 9.17) is 20.9 Å². The van der Waals surface area contributed by atoms with Crippen LogP contribution >= 0.6 is 0 Å². The van der Waals surface area contributed by atoms with E-state index in [0.29, 0.717) is 0 Å². The van der Waals surface area contributed by atoms with Crippen LogP contribution in [0.1, 0.15) is 13.2 Å². The first-order valence-electron chi connectivity index (χ1n) is 6.54. The molecule has 10 nitrogen and oxygen atoms in total. The highest BCUT2D eigenvalue weighted by molar-refractivity contribution is 5.71. The molecule has 0 aliphatic carbocycles. The summed E-state index contributed by atoms with van der Waals surface area (Å²) in [5.74, 6) is -0.750. The number of nitrogens with zero attached hydrogens (tertiary/aromatic N) is 2. The van der Waals surface area contributed by atoms with Gasteiger partial charge in [-0.3, -0.25) is 9.36 Å². The largest absolute Gasteiger partial charge is 0.455 e. The zero-order valence-corrected chi connectivity index (χ0v) is 11.9. The molecule has 2 rings (SSSR count). The van der Waals surface area contributed by atoms with Crippen molar-refractivity contribution in [3.63, 3.8) is 0 Å². The number of aromatic nitrogens is 2. The Kier molecular flexibility index (Phi) is 4.47. The minimum absolute atomic E-state index is 0.0173. The molecule has 0 saturated carbocycles. The predicted octanol–water partition coefficient (Wildman–Crippen LogP) is -2.66. The van der Waals surface area contributed by atoms with E-state index in [0.717, 1.165) is 4.57 Å². The van der Waals surface area contributed by atoms with E-state index < -0.39 is 48.8 Å². The van der Waals surface area contributed by atoms with Gasteiger partial charge in [-0.2, -0.15) is 4.98 Å². The molecule has 1 aliphatic heterocycles. The van der Waals surface area contributed by atoms with Crippen molar-refractivity contribution < 1.29 is 24.5 Å². The van der Waals surface area contributed by atoms with E-state index in [1.807, 2.05) is 0 Å². The summed E-state index contributed by atoms with van der Waals surface area (Å²) in [4.78, 5) is 26.8. The van der Waals surface area contributed by atoms with E-state index in [2.05, 4.69) is 4.98 Å². The van der Waals surface area contributed by atoms with Gasteiger partial charge in [0.05, 0.1) is 13.2 Å². The monoisotopic (exact) mass is 314 g/mol. The molecule has 0 bridgehead atoms. The van der Waals surface area contributed by atoms with Gasteiger partial charge in [-0.05, 0) is 13.0 Å². The maximum absolute atomic E-state index is 11.9. The number of anilines is 1. The van der Waals surface area contributed by atoms with Crippen molar-refractivity contribution in [1.29, 1.82) is 0 Å². The second-order valence-corrected chi connectivity index (χ2v) is 5.09. The Morgan fingerprint density at radius 1 is 1.64 bits per heavy atom. The number of nitrogen functional groups attached to an aromatic ring is 1. The normalized spacial score (nSPS) is 31.2. The van der Waals surface area contributed by atoms with Crippen LogP contribution in [0.25, 0.3) is 0 Å². The number of hydrogen-bond acceptors (Lipinski definition) is 9. The SMILES string of the molecule is C[C@@]1(O)[C@H](OC(=O)CN)[C@@H](CO)O[C@H]1n1ccc(N)nc1=O. The summed E-state index contributed by atoms with van der Waals surface area (Å²) in [6, 6.07) is 1.36. The van der Waals surface area contributed by atoms with E-state index >= 15 is 0 Å². The molecule has 4 atom stereocenters. The fraction of sp³-hybridized carbons (Fsp3) is 0.583. The van der Waals surface area contributed by atoms with E-state index in [9.17, 15) is 19.8 Å². The number of ether oxygens (including phenoxy) is 2. The zero-order chi connectivity index (χ0) is 16.5. The van der Waals surface area contributed by atoms with Gasteiger partial charge >= 0.3 is 11.7 Å². The van der Waals surface area contributed by atoms with Gasteiger partial charge in [0.1, 0.15) is 17.5 Å². The Bertz CT molecular complexity index is 616. The first-order valence-corrected chi connectivity index (χ1v) is 6.54. The number of aliphatic hydroxyl groups excluding tert-OH is 1. The summed E-state index contributed by atoms with van der Waals surface area (Å²) >= 11 is 0. The van der Waals surface area contributed by atoms with Crippen molar-refractivity contribution in [2.75, 3.05) is 18.9 Å². The van der Waals surface area contributed by atoms with Gasteiger partial charge < -0.3 is 31.2 Å². The van der Waals surface area contributed by atoms with Gasteiger partial charge in [0.2, 0.25) is 0 Å². The molecule has 10 heteroatoms. The maximum Gasteiger partial charge on any atom is 0.351 e. The minimum Gasteiger partial charge on any atom is -0.455 e. The highest BCUT2D eigenvalue weighted by Gasteiger charge is 2.56. The molecule has 1 aromatic heterocycles. The highest BCUT2D eigenvalue weighted by atomic mass is 16.6. The quantitative estimate of drug-likeness (QED) is 0.434. The molecular weight excluding hydrogens is 296 g/mol. The van der Waals surface area contributed by atoms with Gasteiger partial charge in [0, 0.05) is 6.20 Å². The summed E-state index contributed by atoms with van der Waals surface area (Å²) < 4.78 is 11.5. The number of hydrogen-bond donors (Lipinski definition) is 4. The molecule has 0 radical (unpaired) electrons.